The van der Waals surface area contributed by atoms with E-state index >= 15 is 0 Å². The van der Waals surface area contributed by atoms with Gasteiger partial charge in [0.05, 0.1) is 5.56 Å². The Morgan fingerprint density at radius 3 is 2.28 bits per heavy atom. The van der Waals surface area contributed by atoms with Gasteiger partial charge in [0.15, 0.2) is 0 Å². The highest BCUT2D eigenvalue weighted by molar-refractivity contribution is 9.10. The zero-order valence-corrected chi connectivity index (χ0v) is 15.9. The number of nitrogens with zero attached hydrogens (tertiary/aromatic N) is 1. The smallest absolute Gasteiger partial charge is 0.416 e. The van der Waals surface area contributed by atoms with Crippen molar-refractivity contribution in [2.75, 3.05) is 13.1 Å². The molecule has 25 heavy (non-hydrogen) atoms. The molecular formula is C17H21BrF3NO3. The number of carbonyl (C=O) groups is 1. The van der Waals surface area contributed by atoms with Crippen molar-refractivity contribution in [3.63, 3.8) is 0 Å². The minimum absolute atomic E-state index is 0.164. The number of amides is 1. The van der Waals surface area contributed by atoms with E-state index in [9.17, 15) is 18.0 Å². The highest BCUT2D eigenvalue weighted by Gasteiger charge is 2.32. The Bertz CT molecular complexity index is 621. The van der Waals surface area contributed by atoms with Gasteiger partial charge in [-0.15, -0.1) is 0 Å². The fraction of sp³-hybridized carbons (Fsp3) is 0.588. The summed E-state index contributed by atoms with van der Waals surface area (Å²) in [4.78, 5) is 13.6. The molecule has 8 heteroatoms. The molecule has 1 heterocycles. The van der Waals surface area contributed by atoms with Crippen LogP contribution in [0.3, 0.4) is 0 Å². The Labute approximate surface area is 153 Å². The second kappa shape index (κ2) is 7.43. The fourth-order valence-corrected chi connectivity index (χ4v) is 2.94. The fourth-order valence-electron chi connectivity index (χ4n) is 2.47. The number of likely N-dealkylation sites (tertiary alicyclic amines) is 1. The lowest BCUT2D eigenvalue weighted by Gasteiger charge is -2.33. The van der Waals surface area contributed by atoms with Crippen LogP contribution in [0, 0.1) is 0 Å². The van der Waals surface area contributed by atoms with Crippen LogP contribution in [0.5, 0.6) is 5.75 Å². The molecule has 0 atom stereocenters. The molecule has 0 aromatic heterocycles. The molecule has 4 nitrogen and oxygen atoms in total. The Morgan fingerprint density at radius 2 is 1.76 bits per heavy atom. The molecule has 1 aliphatic rings. The molecule has 0 bridgehead atoms. The number of alkyl halides is 3. The van der Waals surface area contributed by atoms with Gasteiger partial charge in [0, 0.05) is 30.4 Å². The lowest BCUT2D eigenvalue weighted by Crippen LogP contribution is -2.44. The first-order chi connectivity index (χ1) is 11.4. The maximum atomic E-state index is 12.9. The molecule has 0 spiro atoms. The molecular weight excluding hydrogens is 403 g/mol. The van der Waals surface area contributed by atoms with Crippen LogP contribution >= 0.6 is 15.9 Å². The third kappa shape index (κ3) is 6.09. The maximum absolute atomic E-state index is 12.9. The Balaban J connectivity index is 1.94. The summed E-state index contributed by atoms with van der Waals surface area (Å²) in [6, 6.07) is 3.51. The van der Waals surface area contributed by atoms with Gasteiger partial charge in [0.2, 0.25) is 0 Å². The van der Waals surface area contributed by atoms with Crippen molar-refractivity contribution in [1.82, 2.24) is 4.90 Å². The van der Waals surface area contributed by atoms with Crippen molar-refractivity contribution in [2.45, 2.75) is 51.5 Å². The minimum Gasteiger partial charge on any atom is -0.490 e. The number of hydrogen-bond donors (Lipinski definition) is 0. The predicted molar refractivity (Wildman–Crippen MR) is 90.6 cm³/mol. The van der Waals surface area contributed by atoms with Gasteiger partial charge in [-0.2, -0.15) is 13.2 Å². The number of piperidine rings is 1. The molecule has 0 unspecified atom stereocenters. The first-order valence-corrected chi connectivity index (χ1v) is 8.76. The third-order valence-corrected chi connectivity index (χ3v) is 4.05. The van der Waals surface area contributed by atoms with E-state index < -0.39 is 17.3 Å². The van der Waals surface area contributed by atoms with Gasteiger partial charge < -0.3 is 14.4 Å². The highest BCUT2D eigenvalue weighted by Crippen LogP contribution is 2.34. The third-order valence-electron chi connectivity index (χ3n) is 3.60. The second-order valence-electron chi connectivity index (χ2n) is 6.96. The van der Waals surface area contributed by atoms with Crippen molar-refractivity contribution >= 4 is 22.0 Å². The molecule has 0 N–H and O–H groups in total. The minimum atomic E-state index is -4.43. The first kappa shape index (κ1) is 19.9. The van der Waals surface area contributed by atoms with Crippen molar-refractivity contribution < 1.29 is 27.4 Å². The Kier molecular flexibility index (Phi) is 5.91. The van der Waals surface area contributed by atoms with E-state index in [-0.39, 0.29) is 17.9 Å². The van der Waals surface area contributed by atoms with Gasteiger partial charge in [0.25, 0.3) is 0 Å². The Hall–Kier alpha value is -1.44. The summed E-state index contributed by atoms with van der Waals surface area (Å²) in [6.07, 6.45) is -3.98. The standard InChI is InChI=1S/C17H21BrF3NO3/c1-16(2,3)25-15(23)22-6-4-13(5-7-22)24-14-9-11(17(19,20)21)8-12(18)10-14/h8-10,13H,4-7H2,1-3H3. The lowest BCUT2D eigenvalue weighted by molar-refractivity contribution is -0.137. The first-order valence-electron chi connectivity index (χ1n) is 7.96. The summed E-state index contributed by atoms with van der Waals surface area (Å²) in [6.45, 7) is 6.28. The zero-order chi connectivity index (χ0) is 18.8. The summed E-state index contributed by atoms with van der Waals surface area (Å²) in [7, 11) is 0. The summed E-state index contributed by atoms with van der Waals surface area (Å²) >= 11 is 3.08. The Morgan fingerprint density at radius 1 is 1.16 bits per heavy atom. The summed E-state index contributed by atoms with van der Waals surface area (Å²) in [5, 5.41) is 0. The molecule has 1 aliphatic heterocycles. The van der Waals surface area contributed by atoms with Gasteiger partial charge in [0.1, 0.15) is 17.5 Å². The zero-order valence-electron chi connectivity index (χ0n) is 14.3. The van der Waals surface area contributed by atoms with Crippen LogP contribution < -0.4 is 4.74 Å². The van der Waals surface area contributed by atoms with Gasteiger partial charge in [-0.25, -0.2) is 4.79 Å². The largest absolute Gasteiger partial charge is 0.490 e. The van der Waals surface area contributed by atoms with Crippen LogP contribution in [-0.4, -0.2) is 35.8 Å². The van der Waals surface area contributed by atoms with Gasteiger partial charge >= 0.3 is 12.3 Å². The topological polar surface area (TPSA) is 38.8 Å². The second-order valence-corrected chi connectivity index (χ2v) is 7.87. The maximum Gasteiger partial charge on any atom is 0.416 e. The number of ether oxygens (including phenoxy) is 2. The normalized spacial score (nSPS) is 16.7. The summed E-state index contributed by atoms with van der Waals surface area (Å²) in [5.41, 5.74) is -1.32. The van der Waals surface area contributed by atoms with Crippen LogP contribution in [0.4, 0.5) is 18.0 Å². The van der Waals surface area contributed by atoms with Gasteiger partial charge in [-0.3, -0.25) is 0 Å². The van der Waals surface area contributed by atoms with Crippen molar-refractivity contribution in [2.24, 2.45) is 0 Å². The van der Waals surface area contributed by atoms with Crippen molar-refractivity contribution in [3.05, 3.63) is 28.2 Å². The van der Waals surface area contributed by atoms with Crippen LogP contribution in [0.2, 0.25) is 0 Å². The molecule has 0 radical (unpaired) electrons. The summed E-state index contributed by atoms with van der Waals surface area (Å²) in [5.74, 6) is 0.164. The van der Waals surface area contributed by atoms with E-state index in [1.54, 1.807) is 25.7 Å². The van der Waals surface area contributed by atoms with Crippen LogP contribution in [-0.2, 0) is 10.9 Å². The van der Waals surface area contributed by atoms with Gasteiger partial charge in [-0.1, -0.05) is 15.9 Å². The van der Waals surface area contributed by atoms with E-state index in [1.165, 1.54) is 6.07 Å². The average molecular weight is 424 g/mol. The molecule has 1 amide bonds. The molecule has 1 aromatic rings. The van der Waals surface area contributed by atoms with Crippen LogP contribution in [0.25, 0.3) is 0 Å². The number of rotatable bonds is 2. The van der Waals surface area contributed by atoms with E-state index in [0.29, 0.717) is 30.4 Å². The lowest BCUT2D eigenvalue weighted by atomic mass is 10.1. The van der Waals surface area contributed by atoms with Crippen LogP contribution in [0.1, 0.15) is 39.2 Å². The average Bonchev–Trinajstić information content (AvgIpc) is 2.44. The van der Waals surface area contributed by atoms with E-state index in [2.05, 4.69) is 15.9 Å². The molecule has 0 aliphatic carbocycles. The molecule has 1 fully saturated rings. The summed E-state index contributed by atoms with van der Waals surface area (Å²) < 4.78 is 49.9. The van der Waals surface area contributed by atoms with Crippen molar-refractivity contribution in [1.29, 1.82) is 0 Å². The molecule has 140 valence electrons. The molecule has 1 saturated heterocycles. The predicted octanol–water partition coefficient (Wildman–Crippen LogP) is 5.25. The van der Waals surface area contributed by atoms with Crippen molar-refractivity contribution in [3.8, 4) is 5.75 Å². The quantitative estimate of drug-likeness (QED) is 0.652. The SMILES string of the molecule is CC(C)(C)OC(=O)N1CCC(Oc2cc(Br)cc(C(F)(F)F)c2)CC1. The number of hydrogen-bond acceptors (Lipinski definition) is 3. The number of benzene rings is 1. The van der Waals surface area contributed by atoms with E-state index in [0.717, 1.165) is 12.1 Å². The molecule has 0 saturated carbocycles. The molecule has 2 rings (SSSR count). The van der Waals surface area contributed by atoms with Gasteiger partial charge in [-0.05, 0) is 39.0 Å². The monoisotopic (exact) mass is 423 g/mol. The molecule has 1 aromatic carbocycles. The van der Waals surface area contributed by atoms with E-state index in [1.807, 2.05) is 0 Å². The number of carbonyl (C=O) groups excluding carboxylic acids is 1. The highest BCUT2D eigenvalue weighted by atomic mass is 79.9. The van der Waals surface area contributed by atoms with E-state index in [4.69, 9.17) is 9.47 Å². The number of halogens is 4. The van der Waals surface area contributed by atoms with Crippen LogP contribution in [0.15, 0.2) is 22.7 Å².